The maximum absolute atomic E-state index is 12.7. The van der Waals surface area contributed by atoms with E-state index < -0.39 is 10.0 Å². The lowest BCUT2D eigenvalue weighted by atomic mass is 9.85. The van der Waals surface area contributed by atoms with Crippen LogP contribution in [0.2, 0.25) is 4.34 Å². The molecular formula is C21H27ClN2O3S2. The third kappa shape index (κ3) is 5.40. The average Bonchev–Trinajstić information content (AvgIpc) is 3.19. The molecule has 0 saturated carbocycles. The highest BCUT2D eigenvalue weighted by Gasteiger charge is 2.34. The predicted molar refractivity (Wildman–Crippen MR) is 118 cm³/mol. The highest BCUT2D eigenvalue weighted by molar-refractivity contribution is 7.91. The second kappa shape index (κ2) is 9.60. The smallest absolute Gasteiger partial charge is 0.252 e. The van der Waals surface area contributed by atoms with Crippen LogP contribution in [0.4, 0.5) is 0 Å². The number of carbonyl (C=O) groups excluding carboxylic acids is 1. The summed E-state index contributed by atoms with van der Waals surface area (Å²) in [6, 6.07) is 11.4. The van der Waals surface area contributed by atoms with Crippen LogP contribution >= 0.6 is 22.9 Å². The third-order valence-corrected chi connectivity index (χ3v) is 9.26. The number of thiophene rings is 1. The number of sulfonamides is 1. The Kier molecular flexibility index (Phi) is 7.37. The van der Waals surface area contributed by atoms with E-state index in [1.807, 2.05) is 19.1 Å². The van der Waals surface area contributed by atoms with Crippen molar-refractivity contribution in [1.82, 2.24) is 9.62 Å². The van der Waals surface area contributed by atoms with Crippen molar-refractivity contribution >= 4 is 38.9 Å². The van der Waals surface area contributed by atoms with Gasteiger partial charge in [-0.05, 0) is 48.4 Å². The van der Waals surface area contributed by atoms with Gasteiger partial charge >= 0.3 is 0 Å². The van der Waals surface area contributed by atoms with Crippen LogP contribution < -0.4 is 5.32 Å². The van der Waals surface area contributed by atoms with Crippen LogP contribution in [-0.2, 0) is 27.8 Å². The summed E-state index contributed by atoms with van der Waals surface area (Å²) in [6.07, 6.45) is 2.36. The van der Waals surface area contributed by atoms with E-state index in [1.165, 1.54) is 9.87 Å². The summed E-state index contributed by atoms with van der Waals surface area (Å²) < 4.78 is 27.7. The Morgan fingerprint density at radius 1 is 1.17 bits per heavy atom. The first kappa shape index (κ1) is 22.3. The molecule has 1 saturated heterocycles. The normalized spacial score (nSPS) is 17.2. The Bertz CT molecular complexity index is 933. The summed E-state index contributed by atoms with van der Waals surface area (Å²) in [7, 11) is -3.50. The lowest BCUT2D eigenvalue weighted by Crippen LogP contribution is -2.42. The first-order valence-electron chi connectivity index (χ1n) is 9.92. The fraction of sp³-hybridized carbons (Fsp3) is 0.476. The Morgan fingerprint density at radius 3 is 2.34 bits per heavy atom. The molecule has 0 aliphatic carbocycles. The van der Waals surface area contributed by atoms with Crippen LogP contribution in [0, 0.1) is 11.8 Å². The van der Waals surface area contributed by atoms with Crippen LogP contribution in [0.25, 0.3) is 0 Å². The number of nitrogens with zero attached hydrogens (tertiary/aromatic N) is 1. The monoisotopic (exact) mass is 454 g/mol. The number of hydrogen-bond donors (Lipinski definition) is 1. The Morgan fingerprint density at radius 2 is 1.79 bits per heavy atom. The molecule has 1 aromatic carbocycles. The van der Waals surface area contributed by atoms with Gasteiger partial charge in [-0.1, -0.05) is 49.7 Å². The summed E-state index contributed by atoms with van der Waals surface area (Å²) in [4.78, 5) is 12.6. The van der Waals surface area contributed by atoms with Crippen molar-refractivity contribution in [2.24, 2.45) is 11.8 Å². The van der Waals surface area contributed by atoms with Gasteiger partial charge in [0.2, 0.25) is 5.91 Å². The van der Waals surface area contributed by atoms with Gasteiger partial charge < -0.3 is 5.32 Å². The van der Waals surface area contributed by atoms with E-state index in [4.69, 9.17) is 11.6 Å². The molecule has 2 heterocycles. The van der Waals surface area contributed by atoms with E-state index in [-0.39, 0.29) is 22.0 Å². The summed E-state index contributed by atoms with van der Waals surface area (Å²) in [5.74, 6) is 0.0534. The maximum Gasteiger partial charge on any atom is 0.252 e. The van der Waals surface area contributed by atoms with Crippen LogP contribution in [0.1, 0.15) is 37.8 Å². The van der Waals surface area contributed by atoms with E-state index in [0.717, 1.165) is 23.3 Å². The van der Waals surface area contributed by atoms with Crippen molar-refractivity contribution < 1.29 is 13.2 Å². The molecule has 0 unspecified atom stereocenters. The first-order valence-corrected chi connectivity index (χ1v) is 12.6. The standard InChI is InChI=1S/C21H27ClN2O3S2/c1-3-16-4-6-17(7-5-16)14-23-21(25)15(2)18-10-12-24(13-11-18)29(26,27)20-9-8-19(22)28-20/h4-9,15,18H,3,10-14H2,1-2H3,(H,23,25)/t15-/m1/s1. The van der Waals surface area contributed by atoms with E-state index in [0.29, 0.717) is 36.8 Å². The number of carbonyl (C=O) groups is 1. The number of hydrogen-bond acceptors (Lipinski definition) is 4. The molecule has 0 radical (unpaired) electrons. The van der Waals surface area contributed by atoms with E-state index in [2.05, 4.69) is 24.4 Å². The zero-order valence-corrected chi connectivity index (χ0v) is 19.1. The van der Waals surface area contributed by atoms with Gasteiger partial charge in [0.05, 0.1) is 4.34 Å². The van der Waals surface area contributed by atoms with Gasteiger partial charge in [-0.2, -0.15) is 4.31 Å². The minimum atomic E-state index is -3.50. The minimum Gasteiger partial charge on any atom is -0.352 e. The van der Waals surface area contributed by atoms with Crippen molar-refractivity contribution in [1.29, 1.82) is 0 Å². The largest absolute Gasteiger partial charge is 0.352 e. The summed E-state index contributed by atoms with van der Waals surface area (Å²) in [5.41, 5.74) is 2.36. The number of halogens is 1. The number of nitrogens with one attached hydrogen (secondary N) is 1. The molecule has 1 N–H and O–H groups in total. The Labute approximate surface area is 182 Å². The van der Waals surface area contributed by atoms with Crippen molar-refractivity contribution in [3.63, 3.8) is 0 Å². The fourth-order valence-electron chi connectivity index (χ4n) is 3.64. The quantitative estimate of drug-likeness (QED) is 0.677. The summed E-state index contributed by atoms with van der Waals surface area (Å²) in [5, 5.41) is 3.02. The number of rotatable bonds is 7. The first-order chi connectivity index (χ1) is 13.8. The minimum absolute atomic E-state index is 0.0240. The van der Waals surface area contributed by atoms with Crippen molar-refractivity contribution in [2.75, 3.05) is 13.1 Å². The van der Waals surface area contributed by atoms with Gasteiger partial charge in [0.15, 0.2) is 0 Å². The highest BCUT2D eigenvalue weighted by Crippen LogP contribution is 2.32. The molecule has 29 heavy (non-hydrogen) atoms. The molecule has 1 aliphatic rings. The summed E-state index contributed by atoms with van der Waals surface area (Å²) >= 11 is 6.96. The second-order valence-electron chi connectivity index (χ2n) is 7.48. The second-order valence-corrected chi connectivity index (χ2v) is 11.4. The van der Waals surface area contributed by atoms with Crippen molar-refractivity contribution in [3.8, 4) is 0 Å². The zero-order valence-electron chi connectivity index (χ0n) is 16.7. The Hall–Kier alpha value is -1.41. The molecular weight excluding hydrogens is 428 g/mol. The van der Waals surface area contributed by atoms with Crippen LogP contribution in [0.3, 0.4) is 0 Å². The van der Waals surface area contributed by atoms with Crippen LogP contribution in [0.5, 0.6) is 0 Å². The number of benzene rings is 1. The predicted octanol–water partition coefficient (Wildman–Crippen LogP) is 4.32. The van der Waals surface area contributed by atoms with Crippen LogP contribution in [-0.4, -0.2) is 31.7 Å². The van der Waals surface area contributed by atoms with Gasteiger partial charge in [-0.25, -0.2) is 8.42 Å². The maximum atomic E-state index is 12.7. The lowest BCUT2D eigenvalue weighted by molar-refractivity contribution is -0.126. The molecule has 5 nitrogen and oxygen atoms in total. The SMILES string of the molecule is CCc1ccc(CNC(=O)[C@H](C)C2CCN(S(=O)(=O)c3ccc(Cl)s3)CC2)cc1. The van der Waals surface area contributed by atoms with E-state index in [9.17, 15) is 13.2 Å². The molecule has 2 aromatic rings. The topological polar surface area (TPSA) is 66.5 Å². The van der Waals surface area contributed by atoms with Gasteiger partial charge in [-0.3, -0.25) is 4.79 Å². The van der Waals surface area contributed by atoms with Gasteiger partial charge in [0, 0.05) is 25.6 Å². The number of aryl methyl sites for hydroxylation is 1. The number of piperidine rings is 1. The third-order valence-electron chi connectivity index (χ3n) is 5.66. The molecule has 1 aliphatic heterocycles. The lowest BCUT2D eigenvalue weighted by Gasteiger charge is -2.33. The molecule has 3 rings (SSSR count). The zero-order chi connectivity index (χ0) is 21.0. The van der Waals surface area contributed by atoms with Gasteiger partial charge in [0.1, 0.15) is 4.21 Å². The molecule has 1 aromatic heterocycles. The Balaban J connectivity index is 1.51. The van der Waals surface area contributed by atoms with Gasteiger partial charge in [0.25, 0.3) is 10.0 Å². The highest BCUT2D eigenvalue weighted by atomic mass is 35.5. The molecule has 0 bridgehead atoms. The van der Waals surface area contributed by atoms with Crippen molar-refractivity contribution in [3.05, 3.63) is 51.9 Å². The van der Waals surface area contributed by atoms with Crippen molar-refractivity contribution in [2.45, 2.75) is 43.9 Å². The van der Waals surface area contributed by atoms with Gasteiger partial charge in [-0.15, -0.1) is 11.3 Å². The number of amides is 1. The van der Waals surface area contributed by atoms with E-state index in [1.54, 1.807) is 12.1 Å². The molecule has 158 valence electrons. The fourth-order valence-corrected chi connectivity index (χ4v) is 6.74. The molecule has 1 fully saturated rings. The average molecular weight is 455 g/mol. The van der Waals surface area contributed by atoms with E-state index >= 15 is 0 Å². The van der Waals surface area contributed by atoms with Crippen LogP contribution in [0.15, 0.2) is 40.6 Å². The molecule has 8 heteroatoms. The molecule has 1 atom stereocenters. The summed E-state index contributed by atoms with van der Waals surface area (Å²) in [6.45, 7) is 5.42. The molecule has 1 amide bonds. The molecule has 0 spiro atoms.